The summed E-state index contributed by atoms with van der Waals surface area (Å²) in [5.74, 6) is 0.510. The molecule has 0 radical (unpaired) electrons. The number of nitrogens with zero attached hydrogens (tertiary/aromatic N) is 1. The minimum absolute atomic E-state index is 0.0615. The SMILES string of the molecule is O=C(c1ccc2[nH]c(=O)[nH]c2c1)N1CCC[C@H]2c3ccccc3C[C@H]21. The van der Waals surface area contributed by atoms with E-state index in [1.807, 2.05) is 4.90 Å². The van der Waals surface area contributed by atoms with Crippen LogP contribution in [0.2, 0.25) is 0 Å². The first-order valence-corrected chi connectivity index (χ1v) is 8.81. The van der Waals surface area contributed by atoms with E-state index in [-0.39, 0.29) is 17.6 Å². The second-order valence-electron chi connectivity index (χ2n) is 7.06. The van der Waals surface area contributed by atoms with Crippen LogP contribution in [0.1, 0.15) is 40.2 Å². The first-order valence-electron chi connectivity index (χ1n) is 8.81. The number of rotatable bonds is 1. The number of nitrogens with one attached hydrogen (secondary N) is 2. The Morgan fingerprint density at radius 3 is 2.84 bits per heavy atom. The minimum Gasteiger partial charge on any atom is -0.335 e. The van der Waals surface area contributed by atoms with E-state index in [1.165, 1.54) is 11.1 Å². The molecule has 5 nitrogen and oxygen atoms in total. The van der Waals surface area contributed by atoms with Crippen LogP contribution in [0.5, 0.6) is 0 Å². The molecule has 1 aliphatic carbocycles. The fourth-order valence-corrected chi connectivity index (χ4v) is 4.56. The van der Waals surface area contributed by atoms with Gasteiger partial charge in [-0.3, -0.25) is 4.79 Å². The zero-order valence-electron chi connectivity index (χ0n) is 13.8. The van der Waals surface area contributed by atoms with Gasteiger partial charge in [0.25, 0.3) is 5.91 Å². The maximum atomic E-state index is 13.2. The van der Waals surface area contributed by atoms with E-state index in [1.54, 1.807) is 18.2 Å². The molecule has 2 aliphatic rings. The van der Waals surface area contributed by atoms with E-state index in [9.17, 15) is 9.59 Å². The number of aromatic nitrogens is 2. The number of hydrogen-bond donors (Lipinski definition) is 2. The van der Waals surface area contributed by atoms with Crippen LogP contribution in [0.25, 0.3) is 11.0 Å². The molecule has 0 spiro atoms. The van der Waals surface area contributed by atoms with Crippen molar-refractivity contribution in [2.45, 2.75) is 31.2 Å². The molecule has 1 aromatic heterocycles. The number of fused-ring (bicyclic) bond motifs is 4. The van der Waals surface area contributed by atoms with Gasteiger partial charge >= 0.3 is 5.69 Å². The second kappa shape index (κ2) is 5.34. The molecule has 2 aromatic carbocycles. The molecule has 2 atom stereocenters. The number of hydrogen-bond acceptors (Lipinski definition) is 2. The molecule has 1 amide bonds. The molecule has 1 fully saturated rings. The Bertz CT molecular complexity index is 1030. The molecule has 0 saturated carbocycles. The Balaban J connectivity index is 1.49. The Morgan fingerprint density at radius 1 is 1.08 bits per heavy atom. The number of benzene rings is 2. The largest absolute Gasteiger partial charge is 0.335 e. The highest BCUT2D eigenvalue weighted by Gasteiger charge is 2.40. The second-order valence-corrected chi connectivity index (χ2v) is 7.06. The lowest BCUT2D eigenvalue weighted by molar-refractivity contribution is 0.0595. The normalized spacial score (nSPS) is 22.0. The third-order valence-electron chi connectivity index (χ3n) is 5.69. The lowest BCUT2D eigenvalue weighted by Gasteiger charge is -2.38. The summed E-state index contributed by atoms with van der Waals surface area (Å²) in [6, 6.07) is 14.2. The van der Waals surface area contributed by atoms with Gasteiger partial charge in [-0.15, -0.1) is 0 Å². The van der Waals surface area contributed by atoms with Crippen LogP contribution in [-0.2, 0) is 6.42 Å². The van der Waals surface area contributed by atoms with Crippen LogP contribution in [-0.4, -0.2) is 33.4 Å². The highest BCUT2D eigenvalue weighted by Crippen LogP contribution is 2.42. The smallest absolute Gasteiger partial charge is 0.323 e. The van der Waals surface area contributed by atoms with Crippen molar-refractivity contribution in [3.05, 3.63) is 69.6 Å². The fourth-order valence-electron chi connectivity index (χ4n) is 4.56. The maximum Gasteiger partial charge on any atom is 0.323 e. The average molecular weight is 333 g/mol. The highest BCUT2D eigenvalue weighted by molar-refractivity contribution is 5.97. The van der Waals surface area contributed by atoms with Crippen molar-refractivity contribution in [3.63, 3.8) is 0 Å². The third kappa shape index (κ3) is 2.22. The lowest BCUT2D eigenvalue weighted by Crippen LogP contribution is -2.46. The van der Waals surface area contributed by atoms with Gasteiger partial charge in [0.1, 0.15) is 0 Å². The number of piperidine rings is 1. The molecule has 2 heterocycles. The summed E-state index contributed by atoms with van der Waals surface area (Å²) >= 11 is 0. The molecular formula is C20H19N3O2. The highest BCUT2D eigenvalue weighted by atomic mass is 16.2. The molecule has 126 valence electrons. The van der Waals surface area contributed by atoms with Crippen molar-refractivity contribution in [2.75, 3.05) is 6.54 Å². The third-order valence-corrected chi connectivity index (χ3v) is 5.69. The molecule has 5 heteroatoms. The molecule has 2 N–H and O–H groups in total. The van der Waals surface area contributed by atoms with Gasteiger partial charge in [0.05, 0.1) is 11.0 Å². The molecule has 25 heavy (non-hydrogen) atoms. The number of carbonyl (C=O) groups excluding carboxylic acids is 1. The maximum absolute atomic E-state index is 13.2. The van der Waals surface area contributed by atoms with Crippen molar-refractivity contribution >= 4 is 16.9 Å². The van der Waals surface area contributed by atoms with Crippen LogP contribution in [0.4, 0.5) is 0 Å². The van der Waals surface area contributed by atoms with Gasteiger partial charge in [-0.25, -0.2) is 4.79 Å². The molecule has 3 aromatic rings. The topological polar surface area (TPSA) is 69.0 Å². The van der Waals surface area contributed by atoms with Gasteiger partial charge in [0.2, 0.25) is 0 Å². The van der Waals surface area contributed by atoms with Gasteiger partial charge in [0, 0.05) is 24.1 Å². The number of aromatic amines is 2. The van der Waals surface area contributed by atoms with Crippen molar-refractivity contribution in [2.24, 2.45) is 0 Å². The quantitative estimate of drug-likeness (QED) is 0.719. The van der Waals surface area contributed by atoms with Crippen molar-refractivity contribution < 1.29 is 4.79 Å². The Labute approximate surface area is 144 Å². The molecule has 0 unspecified atom stereocenters. The van der Waals surface area contributed by atoms with Crippen LogP contribution in [0, 0.1) is 0 Å². The van der Waals surface area contributed by atoms with Crippen molar-refractivity contribution in [3.8, 4) is 0 Å². The monoisotopic (exact) mass is 333 g/mol. The van der Waals surface area contributed by atoms with E-state index >= 15 is 0 Å². The van der Waals surface area contributed by atoms with E-state index in [4.69, 9.17) is 0 Å². The fraction of sp³-hybridized carbons (Fsp3) is 0.300. The van der Waals surface area contributed by atoms with E-state index in [2.05, 4.69) is 34.2 Å². The zero-order chi connectivity index (χ0) is 17.0. The summed E-state index contributed by atoms with van der Waals surface area (Å²) in [6.07, 6.45) is 3.12. The van der Waals surface area contributed by atoms with Crippen LogP contribution in [0.3, 0.4) is 0 Å². The number of carbonyl (C=O) groups is 1. The number of amides is 1. The summed E-state index contributed by atoms with van der Waals surface area (Å²) in [6.45, 7) is 0.801. The van der Waals surface area contributed by atoms with Crippen molar-refractivity contribution in [1.82, 2.24) is 14.9 Å². The van der Waals surface area contributed by atoms with Gasteiger partial charge in [0.15, 0.2) is 0 Å². The first kappa shape index (κ1) is 14.5. The van der Waals surface area contributed by atoms with Gasteiger partial charge in [-0.2, -0.15) is 0 Å². The molecule has 0 bridgehead atoms. The van der Waals surface area contributed by atoms with E-state index < -0.39 is 0 Å². The van der Waals surface area contributed by atoms with Gasteiger partial charge in [-0.05, 0) is 48.6 Å². The van der Waals surface area contributed by atoms with Crippen LogP contribution < -0.4 is 5.69 Å². The summed E-state index contributed by atoms with van der Waals surface area (Å²) in [4.78, 5) is 32.1. The zero-order valence-corrected chi connectivity index (χ0v) is 13.8. The van der Waals surface area contributed by atoms with E-state index in [0.29, 0.717) is 17.0 Å². The van der Waals surface area contributed by atoms with Gasteiger partial charge in [-0.1, -0.05) is 24.3 Å². The summed E-state index contributed by atoms with van der Waals surface area (Å²) in [5.41, 5.74) is 4.59. The van der Waals surface area contributed by atoms with Gasteiger partial charge < -0.3 is 14.9 Å². The predicted molar refractivity (Wildman–Crippen MR) is 95.9 cm³/mol. The number of H-pyrrole nitrogens is 2. The van der Waals surface area contributed by atoms with Crippen molar-refractivity contribution in [1.29, 1.82) is 0 Å². The van der Waals surface area contributed by atoms with Crippen LogP contribution in [0.15, 0.2) is 47.3 Å². The molecule has 5 rings (SSSR count). The minimum atomic E-state index is -0.246. The van der Waals surface area contributed by atoms with Crippen LogP contribution >= 0.6 is 0 Å². The molecular weight excluding hydrogens is 314 g/mol. The lowest BCUT2D eigenvalue weighted by atomic mass is 9.88. The number of imidazole rings is 1. The Hall–Kier alpha value is -2.82. The number of likely N-dealkylation sites (tertiary alicyclic amines) is 1. The molecule has 1 aliphatic heterocycles. The Kier molecular flexibility index (Phi) is 3.10. The standard InChI is InChI=1S/C20H19N3O2/c24-19(13-7-8-16-17(10-13)22-20(25)21-16)23-9-3-6-15-14-5-2-1-4-12(14)11-18(15)23/h1-2,4-5,7-8,10,15,18H,3,6,9,11H2,(H2,21,22,25)/t15-,18+/m0/s1. The summed E-state index contributed by atoms with van der Waals surface area (Å²) in [5, 5.41) is 0. The predicted octanol–water partition coefficient (Wildman–Crippen LogP) is 2.80. The molecule has 1 saturated heterocycles. The average Bonchev–Trinajstić information content (AvgIpc) is 3.19. The Morgan fingerprint density at radius 2 is 1.92 bits per heavy atom. The van der Waals surface area contributed by atoms with E-state index in [0.717, 1.165) is 31.3 Å². The first-order chi connectivity index (χ1) is 12.2. The summed E-state index contributed by atoms with van der Waals surface area (Å²) in [7, 11) is 0. The summed E-state index contributed by atoms with van der Waals surface area (Å²) < 4.78 is 0.